The zero-order chi connectivity index (χ0) is 14.5. The maximum Gasteiger partial charge on any atom is 0.273 e. The van der Waals surface area contributed by atoms with Gasteiger partial charge >= 0.3 is 0 Å². The van der Waals surface area contributed by atoms with Crippen LogP contribution in [0.5, 0.6) is 0 Å². The molecule has 1 fully saturated rings. The molecule has 2 N–H and O–H groups in total. The van der Waals surface area contributed by atoms with Crippen LogP contribution < -0.4 is 10.6 Å². The molecule has 1 atom stereocenters. The van der Waals surface area contributed by atoms with Crippen molar-refractivity contribution in [1.82, 2.24) is 25.6 Å². The Hall–Kier alpha value is -1.69. The van der Waals surface area contributed by atoms with Gasteiger partial charge in [-0.2, -0.15) is 0 Å². The van der Waals surface area contributed by atoms with E-state index >= 15 is 0 Å². The minimum absolute atomic E-state index is 0.107. The molecular formula is C15H23N5O. The normalized spacial score (nSPS) is 23.1. The standard InChI is InChI=1S/C15H23N5O/c21-15(17-10-12-4-2-1-3-5-12)14-11-20(19-18-14)13-6-8-16-9-7-13/h1-2,11-13,16H,3-10H2,(H,17,21). The van der Waals surface area contributed by atoms with Gasteiger partial charge in [0.1, 0.15) is 0 Å². The number of carbonyl (C=O) groups is 1. The molecule has 3 rings (SSSR count). The van der Waals surface area contributed by atoms with Gasteiger partial charge in [0.25, 0.3) is 5.91 Å². The molecule has 1 unspecified atom stereocenters. The SMILES string of the molecule is O=C(NCC1CC=CCC1)c1cn(C2CCNCC2)nn1. The van der Waals surface area contributed by atoms with Crippen LogP contribution in [0.1, 0.15) is 48.6 Å². The molecule has 1 saturated heterocycles. The maximum absolute atomic E-state index is 12.1. The number of carbonyl (C=O) groups excluding carboxylic acids is 1. The molecule has 6 nitrogen and oxygen atoms in total. The Morgan fingerprint density at radius 3 is 2.95 bits per heavy atom. The van der Waals surface area contributed by atoms with E-state index in [9.17, 15) is 4.79 Å². The number of rotatable bonds is 4. The predicted octanol–water partition coefficient (Wildman–Crippen LogP) is 1.29. The summed E-state index contributed by atoms with van der Waals surface area (Å²) in [6, 6.07) is 0.365. The summed E-state index contributed by atoms with van der Waals surface area (Å²) in [5.41, 5.74) is 0.430. The third kappa shape index (κ3) is 3.69. The average Bonchev–Trinajstić information content (AvgIpc) is 3.04. The zero-order valence-electron chi connectivity index (χ0n) is 12.3. The first-order chi connectivity index (χ1) is 10.3. The Kier molecular flexibility index (Phi) is 4.65. The highest BCUT2D eigenvalue weighted by atomic mass is 16.2. The van der Waals surface area contributed by atoms with Crippen molar-refractivity contribution >= 4 is 5.91 Å². The fraction of sp³-hybridized carbons (Fsp3) is 0.667. The Labute approximate surface area is 125 Å². The molecule has 1 amide bonds. The minimum atomic E-state index is -0.107. The Bertz CT molecular complexity index is 504. The van der Waals surface area contributed by atoms with E-state index in [1.165, 1.54) is 0 Å². The summed E-state index contributed by atoms with van der Waals surface area (Å²) in [6.45, 7) is 2.73. The molecule has 1 aliphatic heterocycles. The monoisotopic (exact) mass is 289 g/mol. The summed E-state index contributed by atoms with van der Waals surface area (Å²) in [5, 5.41) is 14.5. The lowest BCUT2D eigenvalue weighted by molar-refractivity contribution is 0.0941. The summed E-state index contributed by atoms with van der Waals surface area (Å²) >= 11 is 0. The van der Waals surface area contributed by atoms with Crippen molar-refractivity contribution < 1.29 is 4.79 Å². The van der Waals surface area contributed by atoms with Crippen LogP contribution in [0.3, 0.4) is 0 Å². The van der Waals surface area contributed by atoms with Gasteiger partial charge in [-0.1, -0.05) is 17.4 Å². The molecule has 2 aliphatic rings. The van der Waals surface area contributed by atoms with Crippen LogP contribution in [0.25, 0.3) is 0 Å². The van der Waals surface area contributed by atoms with E-state index in [0.29, 0.717) is 17.7 Å². The van der Waals surface area contributed by atoms with Crippen molar-refractivity contribution in [1.29, 1.82) is 0 Å². The number of allylic oxidation sites excluding steroid dienone is 2. The molecule has 21 heavy (non-hydrogen) atoms. The second-order valence-corrected chi connectivity index (χ2v) is 5.93. The van der Waals surface area contributed by atoms with Crippen LogP contribution in [0.15, 0.2) is 18.3 Å². The quantitative estimate of drug-likeness (QED) is 0.819. The summed E-state index contributed by atoms with van der Waals surface area (Å²) in [5.74, 6) is 0.447. The van der Waals surface area contributed by atoms with E-state index < -0.39 is 0 Å². The summed E-state index contributed by atoms with van der Waals surface area (Å²) in [4.78, 5) is 12.1. The summed E-state index contributed by atoms with van der Waals surface area (Å²) in [7, 11) is 0. The van der Waals surface area contributed by atoms with Crippen LogP contribution in [0.4, 0.5) is 0 Å². The van der Waals surface area contributed by atoms with E-state index in [1.54, 1.807) is 6.20 Å². The van der Waals surface area contributed by atoms with Crippen molar-refractivity contribution in [2.24, 2.45) is 5.92 Å². The van der Waals surface area contributed by atoms with Crippen LogP contribution in [0.2, 0.25) is 0 Å². The molecule has 1 aromatic heterocycles. The van der Waals surface area contributed by atoms with E-state index in [-0.39, 0.29) is 5.91 Å². The maximum atomic E-state index is 12.1. The van der Waals surface area contributed by atoms with Crippen molar-refractivity contribution in [2.75, 3.05) is 19.6 Å². The van der Waals surface area contributed by atoms with Crippen molar-refractivity contribution in [3.8, 4) is 0 Å². The lowest BCUT2D eigenvalue weighted by Crippen LogP contribution is -2.30. The van der Waals surface area contributed by atoms with Gasteiger partial charge in [-0.05, 0) is 51.1 Å². The third-order valence-electron chi connectivity index (χ3n) is 4.35. The van der Waals surface area contributed by atoms with Crippen molar-refractivity contribution in [3.05, 3.63) is 24.0 Å². The van der Waals surface area contributed by atoms with Gasteiger partial charge < -0.3 is 10.6 Å². The van der Waals surface area contributed by atoms with Crippen molar-refractivity contribution in [3.63, 3.8) is 0 Å². The highest BCUT2D eigenvalue weighted by Gasteiger charge is 2.19. The van der Waals surface area contributed by atoms with Gasteiger partial charge in [0.2, 0.25) is 0 Å². The number of hydrogen-bond acceptors (Lipinski definition) is 4. The predicted molar refractivity (Wildman–Crippen MR) is 80.0 cm³/mol. The molecule has 0 spiro atoms. The first-order valence-electron chi connectivity index (χ1n) is 7.88. The molecule has 2 heterocycles. The van der Waals surface area contributed by atoms with Crippen LogP contribution >= 0.6 is 0 Å². The first kappa shape index (κ1) is 14.3. The highest BCUT2D eigenvalue weighted by Crippen LogP contribution is 2.18. The largest absolute Gasteiger partial charge is 0.350 e. The minimum Gasteiger partial charge on any atom is -0.350 e. The van der Waals surface area contributed by atoms with Gasteiger partial charge in [0.15, 0.2) is 5.69 Å². The lowest BCUT2D eigenvalue weighted by Gasteiger charge is -2.22. The smallest absolute Gasteiger partial charge is 0.273 e. The molecule has 0 bridgehead atoms. The van der Waals surface area contributed by atoms with Crippen LogP contribution in [0, 0.1) is 5.92 Å². The second-order valence-electron chi connectivity index (χ2n) is 5.93. The zero-order valence-corrected chi connectivity index (χ0v) is 12.3. The van der Waals surface area contributed by atoms with Gasteiger partial charge in [-0.15, -0.1) is 5.10 Å². The molecule has 0 aromatic carbocycles. The topological polar surface area (TPSA) is 71.8 Å². The van der Waals surface area contributed by atoms with Gasteiger partial charge in [-0.25, -0.2) is 4.68 Å². The molecule has 6 heteroatoms. The van der Waals surface area contributed by atoms with E-state index in [4.69, 9.17) is 0 Å². The molecule has 1 aromatic rings. The molecule has 0 radical (unpaired) electrons. The van der Waals surface area contributed by atoms with Gasteiger partial charge in [0.05, 0.1) is 12.2 Å². The molecule has 114 valence electrons. The van der Waals surface area contributed by atoms with Crippen LogP contribution in [-0.4, -0.2) is 40.5 Å². The third-order valence-corrected chi connectivity index (χ3v) is 4.35. The Morgan fingerprint density at radius 2 is 2.19 bits per heavy atom. The first-order valence-corrected chi connectivity index (χ1v) is 7.88. The fourth-order valence-electron chi connectivity index (χ4n) is 3.00. The van der Waals surface area contributed by atoms with Gasteiger partial charge in [0, 0.05) is 6.54 Å². The average molecular weight is 289 g/mol. The summed E-state index contributed by atoms with van der Waals surface area (Å²) in [6.07, 6.45) is 11.6. The number of nitrogens with zero attached hydrogens (tertiary/aromatic N) is 3. The number of piperidine rings is 1. The van der Waals surface area contributed by atoms with E-state index in [1.807, 2.05) is 4.68 Å². The lowest BCUT2D eigenvalue weighted by atomic mass is 9.94. The molecule has 0 saturated carbocycles. The summed E-state index contributed by atoms with van der Waals surface area (Å²) < 4.78 is 1.85. The Balaban J connectivity index is 1.52. The van der Waals surface area contributed by atoms with Gasteiger partial charge in [-0.3, -0.25) is 4.79 Å². The van der Waals surface area contributed by atoms with Crippen LogP contribution in [-0.2, 0) is 0 Å². The molecule has 1 aliphatic carbocycles. The number of nitrogens with one attached hydrogen (secondary N) is 2. The number of aromatic nitrogens is 3. The highest BCUT2D eigenvalue weighted by molar-refractivity contribution is 5.91. The molecular weight excluding hydrogens is 266 g/mol. The number of amides is 1. The van der Waals surface area contributed by atoms with Crippen molar-refractivity contribution in [2.45, 2.75) is 38.1 Å². The fourth-order valence-corrected chi connectivity index (χ4v) is 3.00. The Morgan fingerprint density at radius 1 is 1.33 bits per heavy atom. The van der Waals surface area contributed by atoms with E-state index in [0.717, 1.165) is 51.7 Å². The second kappa shape index (κ2) is 6.85. The van der Waals surface area contributed by atoms with E-state index in [2.05, 4.69) is 33.1 Å². The number of hydrogen-bond donors (Lipinski definition) is 2.